The number of hydrogen-bond donors (Lipinski definition) is 2. The number of carbonyl (C=O) groups is 1. The molecule has 0 aliphatic rings. The molecule has 1 atom stereocenters. The van der Waals surface area contributed by atoms with Crippen LogP contribution in [0.25, 0.3) is 0 Å². The van der Waals surface area contributed by atoms with E-state index in [0.29, 0.717) is 13.1 Å². The number of nitrogens with zero attached hydrogens (tertiary/aromatic N) is 2. The Hall–Kier alpha value is -2.34. The number of hydrogen-bond acceptors (Lipinski definition) is 4. The number of rotatable bonds is 6. The summed E-state index contributed by atoms with van der Waals surface area (Å²) in [4.78, 5) is 18.0. The van der Waals surface area contributed by atoms with E-state index in [1.807, 2.05) is 49.3 Å². The monoisotopic (exact) mass is 288 g/mol. The summed E-state index contributed by atoms with van der Waals surface area (Å²) in [6.07, 6.45) is 3.33. The normalized spacial score (nSPS) is 12.1. The van der Waals surface area contributed by atoms with Crippen LogP contribution in [-0.4, -0.2) is 36.6 Å². The van der Waals surface area contributed by atoms with Gasteiger partial charge in [0.2, 0.25) is 0 Å². The summed E-state index contributed by atoms with van der Waals surface area (Å²) in [5.74, 6) is 0.824. The van der Waals surface area contributed by atoms with Crippen molar-refractivity contribution in [2.45, 2.75) is 12.6 Å². The average Bonchev–Trinajstić information content (AvgIpc) is 3.00. The van der Waals surface area contributed by atoms with Crippen LogP contribution in [0.1, 0.15) is 17.5 Å². The van der Waals surface area contributed by atoms with Crippen LogP contribution in [0.5, 0.6) is 0 Å². The second-order valence-electron chi connectivity index (χ2n) is 4.88. The van der Waals surface area contributed by atoms with E-state index < -0.39 is 0 Å². The van der Waals surface area contributed by atoms with Gasteiger partial charge in [0.15, 0.2) is 0 Å². The van der Waals surface area contributed by atoms with E-state index in [1.54, 1.807) is 12.5 Å². The standard InChI is InChI=1S/C15H20N4O2/c1-19(2)13(14-7-5-9-21-14)11-18-15(20)17-10-12-6-3-4-8-16-12/h3-9,13H,10-11H2,1-2H3,(H2,17,18,20). The zero-order valence-corrected chi connectivity index (χ0v) is 12.2. The van der Waals surface area contributed by atoms with Crippen LogP contribution in [0.2, 0.25) is 0 Å². The highest BCUT2D eigenvalue weighted by molar-refractivity contribution is 5.73. The average molecular weight is 288 g/mol. The van der Waals surface area contributed by atoms with Crippen molar-refractivity contribution in [1.82, 2.24) is 20.5 Å². The molecule has 2 aromatic rings. The molecule has 0 saturated heterocycles. The number of pyridine rings is 1. The van der Waals surface area contributed by atoms with Gasteiger partial charge in [-0.15, -0.1) is 0 Å². The molecule has 2 aromatic heterocycles. The van der Waals surface area contributed by atoms with Gasteiger partial charge in [0, 0.05) is 12.7 Å². The molecule has 1 unspecified atom stereocenters. The summed E-state index contributed by atoms with van der Waals surface area (Å²) in [7, 11) is 3.89. The van der Waals surface area contributed by atoms with Crippen LogP contribution in [0, 0.1) is 0 Å². The number of furan rings is 1. The fourth-order valence-corrected chi connectivity index (χ4v) is 1.94. The van der Waals surface area contributed by atoms with E-state index >= 15 is 0 Å². The van der Waals surface area contributed by atoms with Crippen molar-refractivity contribution < 1.29 is 9.21 Å². The van der Waals surface area contributed by atoms with Gasteiger partial charge in [0.25, 0.3) is 0 Å². The van der Waals surface area contributed by atoms with Gasteiger partial charge in [-0.25, -0.2) is 4.79 Å². The third kappa shape index (κ3) is 4.61. The Labute approximate surface area is 124 Å². The molecule has 2 rings (SSSR count). The molecule has 0 aliphatic carbocycles. The first-order valence-electron chi connectivity index (χ1n) is 6.78. The smallest absolute Gasteiger partial charge is 0.315 e. The molecule has 0 aliphatic heterocycles. The second kappa shape index (κ2) is 7.44. The summed E-state index contributed by atoms with van der Waals surface area (Å²) in [5.41, 5.74) is 0.822. The van der Waals surface area contributed by atoms with E-state index in [0.717, 1.165) is 11.5 Å². The lowest BCUT2D eigenvalue weighted by molar-refractivity contribution is 0.225. The summed E-state index contributed by atoms with van der Waals surface area (Å²) in [6, 6.07) is 9.12. The van der Waals surface area contributed by atoms with E-state index in [4.69, 9.17) is 4.42 Å². The maximum absolute atomic E-state index is 11.8. The van der Waals surface area contributed by atoms with Gasteiger partial charge in [-0.3, -0.25) is 9.88 Å². The van der Waals surface area contributed by atoms with E-state index in [1.165, 1.54) is 0 Å². The minimum absolute atomic E-state index is 0.000556. The Morgan fingerprint density at radius 3 is 2.76 bits per heavy atom. The molecule has 0 radical (unpaired) electrons. The highest BCUT2D eigenvalue weighted by Crippen LogP contribution is 2.17. The molecule has 0 saturated carbocycles. The lowest BCUT2D eigenvalue weighted by atomic mass is 10.2. The number of carbonyl (C=O) groups excluding carboxylic acids is 1. The Morgan fingerprint density at radius 2 is 2.14 bits per heavy atom. The first kappa shape index (κ1) is 15.1. The van der Waals surface area contributed by atoms with Gasteiger partial charge >= 0.3 is 6.03 Å². The minimum Gasteiger partial charge on any atom is -0.468 e. The van der Waals surface area contributed by atoms with E-state index in [-0.39, 0.29) is 12.1 Å². The highest BCUT2D eigenvalue weighted by Gasteiger charge is 2.17. The third-order valence-electron chi connectivity index (χ3n) is 3.11. The van der Waals surface area contributed by atoms with Crippen LogP contribution >= 0.6 is 0 Å². The van der Waals surface area contributed by atoms with Crippen molar-refractivity contribution in [1.29, 1.82) is 0 Å². The van der Waals surface area contributed by atoms with Crippen molar-refractivity contribution in [3.63, 3.8) is 0 Å². The first-order chi connectivity index (χ1) is 10.2. The minimum atomic E-state index is -0.223. The fraction of sp³-hybridized carbons (Fsp3) is 0.333. The van der Waals surface area contributed by atoms with E-state index in [9.17, 15) is 4.79 Å². The molecule has 0 bridgehead atoms. The number of aromatic nitrogens is 1. The zero-order chi connectivity index (χ0) is 15.1. The molecule has 112 valence electrons. The van der Waals surface area contributed by atoms with Crippen LogP contribution in [-0.2, 0) is 6.54 Å². The Bertz CT molecular complexity index is 540. The predicted molar refractivity (Wildman–Crippen MR) is 79.6 cm³/mol. The van der Waals surface area contributed by atoms with Gasteiger partial charge in [0.05, 0.1) is 24.5 Å². The first-order valence-corrected chi connectivity index (χ1v) is 6.78. The largest absolute Gasteiger partial charge is 0.468 e. The Balaban J connectivity index is 1.80. The molecule has 2 amide bonds. The highest BCUT2D eigenvalue weighted by atomic mass is 16.3. The fourth-order valence-electron chi connectivity index (χ4n) is 1.94. The van der Waals surface area contributed by atoms with Gasteiger partial charge in [-0.2, -0.15) is 0 Å². The molecular weight excluding hydrogens is 268 g/mol. The SMILES string of the molecule is CN(C)C(CNC(=O)NCc1ccccn1)c1ccco1. The number of likely N-dealkylation sites (N-methyl/N-ethyl adjacent to an activating group) is 1. The number of urea groups is 1. The van der Waals surface area contributed by atoms with Gasteiger partial charge in [-0.05, 0) is 38.4 Å². The molecule has 0 fully saturated rings. The van der Waals surface area contributed by atoms with Crippen LogP contribution in [0.4, 0.5) is 4.79 Å². The predicted octanol–water partition coefficient (Wildman–Crippen LogP) is 1.78. The molecule has 0 aromatic carbocycles. The maximum atomic E-state index is 11.8. The van der Waals surface area contributed by atoms with Crippen molar-refractivity contribution in [3.8, 4) is 0 Å². The molecule has 2 heterocycles. The lowest BCUT2D eigenvalue weighted by Crippen LogP contribution is -2.40. The molecule has 6 heteroatoms. The van der Waals surface area contributed by atoms with Crippen molar-refractivity contribution in [3.05, 3.63) is 54.2 Å². The third-order valence-corrected chi connectivity index (χ3v) is 3.11. The molecule has 6 nitrogen and oxygen atoms in total. The lowest BCUT2D eigenvalue weighted by Gasteiger charge is -2.22. The second-order valence-corrected chi connectivity index (χ2v) is 4.88. The Morgan fingerprint density at radius 1 is 1.29 bits per heavy atom. The number of nitrogens with one attached hydrogen (secondary N) is 2. The van der Waals surface area contributed by atoms with Crippen molar-refractivity contribution in [2.24, 2.45) is 0 Å². The maximum Gasteiger partial charge on any atom is 0.315 e. The topological polar surface area (TPSA) is 70.4 Å². The summed E-state index contributed by atoms with van der Waals surface area (Å²) in [6.45, 7) is 0.870. The van der Waals surface area contributed by atoms with Crippen molar-refractivity contribution in [2.75, 3.05) is 20.6 Å². The molecule has 21 heavy (non-hydrogen) atoms. The zero-order valence-electron chi connectivity index (χ0n) is 12.2. The van der Waals surface area contributed by atoms with E-state index in [2.05, 4.69) is 15.6 Å². The van der Waals surface area contributed by atoms with Gasteiger partial charge < -0.3 is 15.1 Å². The van der Waals surface area contributed by atoms with Gasteiger partial charge in [-0.1, -0.05) is 6.07 Å². The van der Waals surface area contributed by atoms with Crippen LogP contribution in [0.15, 0.2) is 47.2 Å². The number of amides is 2. The molecule has 2 N–H and O–H groups in total. The van der Waals surface area contributed by atoms with Crippen LogP contribution in [0.3, 0.4) is 0 Å². The molecular formula is C15H20N4O2. The summed E-state index contributed by atoms with van der Waals surface area (Å²) >= 11 is 0. The quantitative estimate of drug-likeness (QED) is 0.850. The van der Waals surface area contributed by atoms with Crippen LogP contribution < -0.4 is 10.6 Å². The van der Waals surface area contributed by atoms with Crippen molar-refractivity contribution >= 4 is 6.03 Å². The van der Waals surface area contributed by atoms with Gasteiger partial charge in [0.1, 0.15) is 5.76 Å². The summed E-state index contributed by atoms with van der Waals surface area (Å²) in [5, 5.41) is 5.62. The Kier molecular flexibility index (Phi) is 5.34. The molecule has 0 spiro atoms. The summed E-state index contributed by atoms with van der Waals surface area (Å²) < 4.78 is 5.40.